The Morgan fingerprint density at radius 3 is 2.86 bits per heavy atom. The fraction of sp³-hybridized carbons (Fsp3) is 0.909. The number of nitrogens with one attached hydrogen (secondary N) is 1. The normalized spacial score (nSPS) is 26.4. The van der Waals surface area contributed by atoms with E-state index in [0.29, 0.717) is 17.7 Å². The van der Waals surface area contributed by atoms with Crippen LogP contribution in [0.1, 0.15) is 46.0 Å². The summed E-state index contributed by atoms with van der Waals surface area (Å²) < 4.78 is 0. The Balaban J connectivity index is 2.31. The van der Waals surface area contributed by atoms with Gasteiger partial charge in [-0.05, 0) is 25.0 Å². The average Bonchev–Trinajstić information content (AvgIpc) is 2.54. The SMILES string of the molecule is CCCC(=O)N[C@@H]1CCC[C@H]1SCC. The van der Waals surface area contributed by atoms with Crippen LogP contribution in [0.4, 0.5) is 0 Å². The van der Waals surface area contributed by atoms with E-state index in [-0.39, 0.29) is 5.91 Å². The van der Waals surface area contributed by atoms with Gasteiger partial charge in [0, 0.05) is 17.7 Å². The van der Waals surface area contributed by atoms with Gasteiger partial charge < -0.3 is 5.32 Å². The quantitative estimate of drug-likeness (QED) is 0.763. The summed E-state index contributed by atoms with van der Waals surface area (Å²) in [5, 5.41) is 3.82. The summed E-state index contributed by atoms with van der Waals surface area (Å²) in [5.74, 6) is 1.39. The minimum atomic E-state index is 0.237. The Bertz CT molecular complexity index is 184. The van der Waals surface area contributed by atoms with Gasteiger partial charge in [0.15, 0.2) is 0 Å². The van der Waals surface area contributed by atoms with Crippen LogP contribution in [0.3, 0.4) is 0 Å². The van der Waals surface area contributed by atoms with Crippen molar-refractivity contribution in [3.8, 4) is 0 Å². The van der Waals surface area contributed by atoms with Crippen molar-refractivity contribution in [3.63, 3.8) is 0 Å². The lowest BCUT2D eigenvalue weighted by molar-refractivity contribution is -0.121. The van der Waals surface area contributed by atoms with Crippen molar-refractivity contribution in [3.05, 3.63) is 0 Å². The summed E-state index contributed by atoms with van der Waals surface area (Å²) in [7, 11) is 0. The Labute approximate surface area is 91.2 Å². The van der Waals surface area contributed by atoms with Gasteiger partial charge in [-0.3, -0.25) is 4.79 Å². The Hall–Kier alpha value is -0.180. The van der Waals surface area contributed by atoms with Crippen molar-refractivity contribution in [1.29, 1.82) is 0 Å². The van der Waals surface area contributed by atoms with Gasteiger partial charge in [0.1, 0.15) is 0 Å². The van der Waals surface area contributed by atoms with E-state index in [1.165, 1.54) is 19.3 Å². The van der Waals surface area contributed by atoms with Crippen LogP contribution >= 0.6 is 11.8 Å². The maximum absolute atomic E-state index is 11.4. The Morgan fingerprint density at radius 2 is 2.21 bits per heavy atom. The molecule has 1 aliphatic rings. The van der Waals surface area contributed by atoms with E-state index >= 15 is 0 Å². The molecule has 0 heterocycles. The van der Waals surface area contributed by atoms with Crippen LogP contribution in [0.25, 0.3) is 0 Å². The number of hydrogen-bond donors (Lipinski definition) is 1. The lowest BCUT2D eigenvalue weighted by Crippen LogP contribution is -2.38. The highest BCUT2D eigenvalue weighted by molar-refractivity contribution is 7.99. The zero-order valence-electron chi connectivity index (χ0n) is 9.21. The molecule has 0 aromatic heterocycles. The number of rotatable bonds is 5. The van der Waals surface area contributed by atoms with E-state index in [0.717, 1.165) is 12.2 Å². The van der Waals surface area contributed by atoms with Crippen LogP contribution in [-0.4, -0.2) is 23.0 Å². The molecule has 14 heavy (non-hydrogen) atoms. The fourth-order valence-corrected chi connectivity index (χ4v) is 3.21. The van der Waals surface area contributed by atoms with Crippen molar-refractivity contribution in [2.75, 3.05) is 5.75 Å². The van der Waals surface area contributed by atoms with E-state index in [2.05, 4.69) is 12.2 Å². The third-order valence-electron chi connectivity index (χ3n) is 2.66. The van der Waals surface area contributed by atoms with Gasteiger partial charge in [-0.25, -0.2) is 0 Å². The molecule has 0 saturated heterocycles. The molecule has 0 bridgehead atoms. The summed E-state index contributed by atoms with van der Waals surface area (Å²) in [5.41, 5.74) is 0. The smallest absolute Gasteiger partial charge is 0.220 e. The Morgan fingerprint density at radius 1 is 1.43 bits per heavy atom. The second-order valence-electron chi connectivity index (χ2n) is 3.85. The van der Waals surface area contributed by atoms with Gasteiger partial charge in [0.25, 0.3) is 0 Å². The minimum absolute atomic E-state index is 0.237. The first kappa shape index (κ1) is 11.9. The molecule has 0 unspecified atom stereocenters. The first-order valence-electron chi connectivity index (χ1n) is 5.68. The van der Waals surface area contributed by atoms with Crippen molar-refractivity contribution >= 4 is 17.7 Å². The summed E-state index contributed by atoms with van der Waals surface area (Å²) in [6.45, 7) is 4.24. The molecule has 0 aromatic rings. The van der Waals surface area contributed by atoms with E-state index in [9.17, 15) is 4.79 Å². The summed E-state index contributed by atoms with van der Waals surface area (Å²) in [4.78, 5) is 11.4. The average molecular weight is 215 g/mol. The molecule has 1 saturated carbocycles. The molecule has 0 aromatic carbocycles. The first-order chi connectivity index (χ1) is 6.77. The minimum Gasteiger partial charge on any atom is -0.352 e. The van der Waals surface area contributed by atoms with Gasteiger partial charge in [0.05, 0.1) is 0 Å². The number of carbonyl (C=O) groups is 1. The molecule has 1 fully saturated rings. The van der Waals surface area contributed by atoms with Crippen LogP contribution in [0, 0.1) is 0 Å². The van der Waals surface area contributed by atoms with Gasteiger partial charge >= 0.3 is 0 Å². The van der Waals surface area contributed by atoms with Crippen LogP contribution in [0.5, 0.6) is 0 Å². The third kappa shape index (κ3) is 3.52. The maximum atomic E-state index is 11.4. The standard InChI is InChI=1S/C11H21NOS/c1-3-6-11(13)12-9-7-5-8-10(9)14-4-2/h9-10H,3-8H2,1-2H3,(H,12,13)/t9-,10-/m1/s1. The van der Waals surface area contributed by atoms with Gasteiger partial charge in [-0.15, -0.1) is 0 Å². The number of thioether (sulfide) groups is 1. The summed E-state index contributed by atoms with van der Waals surface area (Å²) >= 11 is 1.99. The lowest BCUT2D eigenvalue weighted by Gasteiger charge is -2.19. The second-order valence-corrected chi connectivity index (χ2v) is 5.36. The monoisotopic (exact) mass is 215 g/mol. The molecular weight excluding hydrogens is 194 g/mol. The van der Waals surface area contributed by atoms with E-state index < -0.39 is 0 Å². The third-order valence-corrected chi connectivity index (χ3v) is 3.98. The fourth-order valence-electron chi connectivity index (χ4n) is 2.01. The molecule has 1 aliphatic carbocycles. The predicted octanol–water partition coefficient (Wildman–Crippen LogP) is 2.58. The van der Waals surface area contributed by atoms with Crippen molar-refractivity contribution < 1.29 is 4.79 Å². The summed E-state index contributed by atoms with van der Waals surface area (Å²) in [6, 6.07) is 0.444. The topological polar surface area (TPSA) is 29.1 Å². The van der Waals surface area contributed by atoms with Gasteiger partial charge in [-0.2, -0.15) is 11.8 Å². The van der Waals surface area contributed by atoms with Crippen LogP contribution in [-0.2, 0) is 4.79 Å². The van der Waals surface area contributed by atoms with E-state index in [1.807, 2.05) is 18.7 Å². The van der Waals surface area contributed by atoms with Crippen LogP contribution in [0.2, 0.25) is 0 Å². The molecule has 0 spiro atoms. The molecule has 2 atom stereocenters. The largest absolute Gasteiger partial charge is 0.352 e. The first-order valence-corrected chi connectivity index (χ1v) is 6.73. The highest BCUT2D eigenvalue weighted by atomic mass is 32.2. The van der Waals surface area contributed by atoms with E-state index in [1.54, 1.807) is 0 Å². The Kier molecular flexibility index (Phi) is 5.38. The van der Waals surface area contributed by atoms with Crippen LogP contribution < -0.4 is 5.32 Å². The number of carbonyl (C=O) groups excluding carboxylic acids is 1. The lowest BCUT2D eigenvalue weighted by atomic mass is 10.2. The second kappa shape index (κ2) is 6.33. The number of amides is 1. The molecule has 1 N–H and O–H groups in total. The predicted molar refractivity (Wildman–Crippen MR) is 62.6 cm³/mol. The zero-order chi connectivity index (χ0) is 10.4. The van der Waals surface area contributed by atoms with Crippen LogP contribution in [0.15, 0.2) is 0 Å². The van der Waals surface area contributed by atoms with Crippen molar-refractivity contribution in [1.82, 2.24) is 5.32 Å². The summed E-state index contributed by atoms with van der Waals surface area (Å²) in [6.07, 6.45) is 5.35. The van der Waals surface area contributed by atoms with Crippen molar-refractivity contribution in [2.45, 2.75) is 57.2 Å². The highest BCUT2D eigenvalue weighted by Crippen LogP contribution is 2.29. The molecule has 0 radical (unpaired) electrons. The van der Waals surface area contributed by atoms with E-state index in [4.69, 9.17) is 0 Å². The molecule has 1 rings (SSSR count). The maximum Gasteiger partial charge on any atom is 0.220 e. The van der Waals surface area contributed by atoms with Gasteiger partial charge in [0.2, 0.25) is 5.91 Å². The van der Waals surface area contributed by atoms with Gasteiger partial charge in [-0.1, -0.05) is 20.3 Å². The molecular formula is C11H21NOS. The number of hydrogen-bond acceptors (Lipinski definition) is 2. The molecule has 2 nitrogen and oxygen atoms in total. The van der Waals surface area contributed by atoms with Crippen molar-refractivity contribution in [2.24, 2.45) is 0 Å². The zero-order valence-corrected chi connectivity index (χ0v) is 10.0. The molecule has 3 heteroatoms. The molecule has 82 valence electrons. The molecule has 0 aliphatic heterocycles. The molecule has 1 amide bonds. The highest BCUT2D eigenvalue weighted by Gasteiger charge is 2.27.